The van der Waals surface area contributed by atoms with Crippen molar-refractivity contribution in [1.29, 1.82) is 0 Å². The summed E-state index contributed by atoms with van der Waals surface area (Å²) in [6.07, 6.45) is 1.32. The molecule has 0 fully saturated rings. The lowest BCUT2D eigenvalue weighted by atomic mass is 10.2. The average Bonchev–Trinajstić information content (AvgIpc) is 2.80. The predicted octanol–water partition coefficient (Wildman–Crippen LogP) is 1.86. The molecule has 0 aliphatic carbocycles. The highest BCUT2D eigenvalue weighted by Gasteiger charge is 2.22. The summed E-state index contributed by atoms with van der Waals surface area (Å²) >= 11 is 0. The number of para-hydroxylation sites is 1. The zero-order chi connectivity index (χ0) is 14.7. The number of imidazole rings is 1. The summed E-state index contributed by atoms with van der Waals surface area (Å²) in [6.45, 7) is 0. The molecule has 0 amide bonds. The van der Waals surface area contributed by atoms with Gasteiger partial charge >= 0.3 is 11.8 Å². The molecule has 104 valence electrons. The van der Waals surface area contributed by atoms with E-state index in [0.29, 0.717) is 5.69 Å². The van der Waals surface area contributed by atoms with E-state index < -0.39 is 10.9 Å². The first-order valence-electron chi connectivity index (χ1n) is 5.64. The lowest BCUT2D eigenvalue weighted by Crippen LogP contribution is -2.07. The molecule has 0 bridgehead atoms. The largest absolute Gasteiger partial charge is 0.465 e. The second-order valence-corrected chi connectivity index (χ2v) is 3.95. The van der Waals surface area contributed by atoms with Crippen LogP contribution in [0.1, 0.15) is 10.4 Å². The van der Waals surface area contributed by atoms with E-state index in [0.717, 1.165) is 0 Å². The topological polar surface area (TPSA) is 99.3 Å². The first-order chi connectivity index (χ1) is 9.54. The smallest absolute Gasteiger partial charge is 0.406 e. The van der Waals surface area contributed by atoms with E-state index in [1.54, 1.807) is 31.3 Å². The number of anilines is 2. The number of hydrogen-bond donors (Lipinski definition) is 1. The van der Waals surface area contributed by atoms with Crippen LogP contribution >= 0.6 is 0 Å². The Morgan fingerprint density at radius 3 is 2.80 bits per heavy atom. The summed E-state index contributed by atoms with van der Waals surface area (Å²) in [5.41, 5.74) is 0.691. The first kappa shape index (κ1) is 13.5. The van der Waals surface area contributed by atoms with Gasteiger partial charge in [0.2, 0.25) is 12.1 Å². The molecule has 8 nitrogen and oxygen atoms in total. The number of nitrogens with zero attached hydrogens (tertiary/aromatic N) is 3. The fourth-order valence-corrected chi connectivity index (χ4v) is 1.70. The number of carbonyl (C=O) groups is 1. The third kappa shape index (κ3) is 2.44. The summed E-state index contributed by atoms with van der Waals surface area (Å²) in [7, 11) is 2.88. The number of benzene rings is 1. The molecule has 8 heteroatoms. The van der Waals surface area contributed by atoms with Crippen molar-refractivity contribution in [3.05, 3.63) is 46.3 Å². The molecule has 0 spiro atoms. The SMILES string of the molecule is COC(=O)c1ccccc1Nc1c([N+](=O)[O-])ncn1C. The Balaban J connectivity index is 2.43. The third-order valence-corrected chi connectivity index (χ3v) is 2.68. The Hall–Kier alpha value is -2.90. The second-order valence-electron chi connectivity index (χ2n) is 3.95. The van der Waals surface area contributed by atoms with Crippen molar-refractivity contribution in [2.24, 2.45) is 7.05 Å². The summed E-state index contributed by atoms with van der Waals surface area (Å²) in [4.78, 5) is 25.6. The lowest BCUT2D eigenvalue weighted by Gasteiger charge is -2.10. The lowest BCUT2D eigenvalue weighted by molar-refractivity contribution is -0.388. The van der Waals surface area contributed by atoms with E-state index in [1.807, 2.05) is 0 Å². The Morgan fingerprint density at radius 2 is 2.15 bits per heavy atom. The third-order valence-electron chi connectivity index (χ3n) is 2.68. The van der Waals surface area contributed by atoms with Gasteiger partial charge in [-0.25, -0.2) is 4.79 Å². The number of hydrogen-bond acceptors (Lipinski definition) is 6. The molecule has 1 N–H and O–H groups in total. The Kier molecular flexibility index (Phi) is 3.65. The van der Waals surface area contributed by atoms with Crippen molar-refractivity contribution in [2.75, 3.05) is 12.4 Å². The molecule has 20 heavy (non-hydrogen) atoms. The van der Waals surface area contributed by atoms with Crippen LogP contribution in [0.4, 0.5) is 17.3 Å². The van der Waals surface area contributed by atoms with Gasteiger partial charge in [0.1, 0.15) is 0 Å². The molecule has 2 rings (SSSR count). The van der Waals surface area contributed by atoms with Crippen LogP contribution in [-0.2, 0) is 11.8 Å². The fourth-order valence-electron chi connectivity index (χ4n) is 1.70. The highest BCUT2D eigenvalue weighted by molar-refractivity contribution is 5.96. The number of esters is 1. The molecule has 0 saturated heterocycles. The number of aromatic nitrogens is 2. The molecule has 0 unspecified atom stereocenters. The van der Waals surface area contributed by atoms with Gasteiger partial charge in [-0.05, 0) is 22.0 Å². The van der Waals surface area contributed by atoms with Gasteiger partial charge in [0.15, 0.2) is 0 Å². The number of aryl methyl sites for hydroxylation is 1. The summed E-state index contributed by atoms with van der Waals surface area (Å²) in [5, 5.41) is 13.7. The van der Waals surface area contributed by atoms with E-state index >= 15 is 0 Å². The maximum atomic E-state index is 11.6. The number of methoxy groups -OCH3 is 1. The zero-order valence-electron chi connectivity index (χ0n) is 10.9. The van der Waals surface area contributed by atoms with Crippen LogP contribution in [0.3, 0.4) is 0 Å². The van der Waals surface area contributed by atoms with Crippen LogP contribution in [0.5, 0.6) is 0 Å². The van der Waals surface area contributed by atoms with Crippen LogP contribution in [0, 0.1) is 10.1 Å². The minimum atomic E-state index is -0.594. The van der Waals surface area contributed by atoms with Gasteiger partial charge in [0, 0.05) is 7.05 Å². The van der Waals surface area contributed by atoms with Crippen molar-refractivity contribution >= 4 is 23.3 Å². The molecular formula is C12H12N4O4. The van der Waals surface area contributed by atoms with E-state index in [4.69, 9.17) is 0 Å². The Bertz CT molecular complexity index is 665. The van der Waals surface area contributed by atoms with Crippen molar-refractivity contribution in [1.82, 2.24) is 9.55 Å². The second kappa shape index (κ2) is 5.39. The standard InChI is InChI=1S/C12H12N4O4/c1-15-7-13-10(16(18)19)11(15)14-9-6-4-3-5-8(9)12(17)20-2/h3-7,14H,1-2H3. The van der Waals surface area contributed by atoms with E-state index in [-0.39, 0.29) is 17.2 Å². The molecule has 0 atom stereocenters. The predicted molar refractivity (Wildman–Crippen MR) is 70.9 cm³/mol. The van der Waals surface area contributed by atoms with Crippen molar-refractivity contribution in [2.45, 2.75) is 0 Å². The quantitative estimate of drug-likeness (QED) is 0.519. The maximum Gasteiger partial charge on any atom is 0.406 e. The number of carbonyl (C=O) groups excluding carboxylic acids is 1. The zero-order valence-corrected chi connectivity index (χ0v) is 10.9. The van der Waals surface area contributed by atoms with Gasteiger partial charge in [-0.15, -0.1) is 0 Å². The number of nitro groups is 1. The van der Waals surface area contributed by atoms with Crippen molar-refractivity contribution < 1.29 is 14.5 Å². The van der Waals surface area contributed by atoms with Gasteiger partial charge in [-0.2, -0.15) is 0 Å². The van der Waals surface area contributed by atoms with Crippen LogP contribution in [0.25, 0.3) is 0 Å². The van der Waals surface area contributed by atoms with E-state index in [1.165, 1.54) is 18.0 Å². The van der Waals surface area contributed by atoms with Crippen LogP contribution in [0.15, 0.2) is 30.6 Å². The summed E-state index contributed by atoms with van der Waals surface area (Å²) in [6, 6.07) is 6.57. The highest BCUT2D eigenvalue weighted by atomic mass is 16.6. The number of nitrogens with one attached hydrogen (secondary N) is 1. The molecular weight excluding hydrogens is 264 g/mol. The van der Waals surface area contributed by atoms with Crippen LogP contribution in [0.2, 0.25) is 0 Å². The number of ether oxygens (including phenoxy) is 1. The normalized spacial score (nSPS) is 10.1. The van der Waals surface area contributed by atoms with Gasteiger partial charge in [0.25, 0.3) is 0 Å². The minimum Gasteiger partial charge on any atom is -0.465 e. The first-order valence-corrected chi connectivity index (χ1v) is 5.64. The van der Waals surface area contributed by atoms with Gasteiger partial charge < -0.3 is 20.2 Å². The van der Waals surface area contributed by atoms with Gasteiger partial charge in [-0.3, -0.25) is 4.57 Å². The van der Waals surface area contributed by atoms with Crippen LogP contribution in [-0.4, -0.2) is 27.6 Å². The van der Waals surface area contributed by atoms with Crippen molar-refractivity contribution in [3.8, 4) is 0 Å². The molecule has 1 heterocycles. The van der Waals surface area contributed by atoms with E-state index in [2.05, 4.69) is 15.0 Å². The fraction of sp³-hybridized carbons (Fsp3) is 0.167. The highest BCUT2D eigenvalue weighted by Crippen LogP contribution is 2.27. The molecule has 0 aliphatic heterocycles. The molecule has 1 aromatic carbocycles. The summed E-state index contributed by atoms with van der Waals surface area (Å²) < 4.78 is 6.13. The molecule has 2 aromatic rings. The Labute approximate surface area is 114 Å². The van der Waals surface area contributed by atoms with Crippen LogP contribution < -0.4 is 5.32 Å². The van der Waals surface area contributed by atoms with E-state index in [9.17, 15) is 14.9 Å². The summed E-state index contributed by atoms with van der Waals surface area (Å²) in [5.74, 6) is -0.656. The maximum absolute atomic E-state index is 11.6. The van der Waals surface area contributed by atoms with Gasteiger partial charge in [0.05, 0.1) is 18.4 Å². The Morgan fingerprint density at radius 1 is 1.45 bits per heavy atom. The number of rotatable bonds is 4. The monoisotopic (exact) mass is 276 g/mol. The molecule has 0 aliphatic rings. The van der Waals surface area contributed by atoms with Crippen molar-refractivity contribution in [3.63, 3.8) is 0 Å². The molecule has 0 saturated carbocycles. The molecule has 0 radical (unpaired) electrons. The average molecular weight is 276 g/mol. The van der Waals surface area contributed by atoms with Gasteiger partial charge in [-0.1, -0.05) is 12.1 Å². The molecule has 1 aromatic heterocycles. The minimum absolute atomic E-state index is 0.186.